The van der Waals surface area contributed by atoms with Crippen molar-refractivity contribution >= 4 is 28.3 Å². The molecule has 4 aromatic rings. The molecule has 1 heterocycles. The second kappa shape index (κ2) is 9.23. The number of ketones is 1. The Morgan fingerprint density at radius 2 is 1.75 bits per heavy atom. The lowest BCUT2D eigenvalue weighted by Gasteiger charge is -2.11. The lowest BCUT2D eigenvalue weighted by atomic mass is 9.99. The third-order valence-corrected chi connectivity index (χ3v) is 5.49. The van der Waals surface area contributed by atoms with E-state index in [4.69, 9.17) is 16.7 Å². The second-order valence-corrected chi connectivity index (χ2v) is 7.82. The van der Waals surface area contributed by atoms with Gasteiger partial charge in [-0.1, -0.05) is 35.6 Å². The Bertz CT molecular complexity index is 1440. The maximum absolute atomic E-state index is 13.0. The average molecular weight is 442 g/mol. The Hall–Kier alpha value is -3.65. The highest BCUT2D eigenvalue weighted by Gasteiger charge is 2.13. The maximum atomic E-state index is 13.0. The van der Waals surface area contributed by atoms with E-state index in [2.05, 4.69) is 11.8 Å². The van der Waals surface area contributed by atoms with Crippen LogP contribution in [0.1, 0.15) is 27.9 Å². The molecule has 4 nitrogen and oxygen atoms in total. The molecule has 4 rings (SSSR count). The molecule has 0 bridgehead atoms. The van der Waals surface area contributed by atoms with Gasteiger partial charge in [-0.25, -0.2) is 0 Å². The highest BCUT2D eigenvalue weighted by molar-refractivity contribution is 6.30. The van der Waals surface area contributed by atoms with Crippen LogP contribution in [0.4, 0.5) is 0 Å². The Balaban J connectivity index is 1.80. The Kier molecular flexibility index (Phi) is 6.23. The Morgan fingerprint density at radius 3 is 2.50 bits per heavy atom. The zero-order chi connectivity index (χ0) is 22.7. The van der Waals surface area contributed by atoms with Gasteiger partial charge in [-0.3, -0.25) is 9.59 Å². The van der Waals surface area contributed by atoms with E-state index in [0.717, 1.165) is 22.0 Å². The van der Waals surface area contributed by atoms with Crippen LogP contribution in [0.15, 0.2) is 77.6 Å². The number of aliphatic hydroxyl groups is 1. The summed E-state index contributed by atoms with van der Waals surface area (Å²) in [5.74, 6) is 5.78. The smallest absolute Gasteiger partial charge is 0.258 e. The lowest BCUT2D eigenvalue weighted by Crippen LogP contribution is -2.19. The van der Waals surface area contributed by atoms with Gasteiger partial charge in [0.25, 0.3) is 5.56 Å². The van der Waals surface area contributed by atoms with Crippen LogP contribution in [0.5, 0.6) is 0 Å². The minimum atomic E-state index is -0.130. The molecule has 0 atom stereocenters. The number of aryl methyl sites for hydroxylation is 1. The van der Waals surface area contributed by atoms with Crippen molar-refractivity contribution in [2.24, 2.45) is 7.05 Å². The number of aliphatic hydroxyl groups excluding tert-OH is 1. The van der Waals surface area contributed by atoms with E-state index in [-0.39, 0.29) is 17.9 Å². The average Bonchev–Trinajstić information content (AvgIpc) is 2.81. The van der Waals surface area contributed by atoms with E-state index >= 15 is 0 Å². The van der Waals surface area contributed by atoms with Crippen LogP contribution in [0, 0.1) is 11.8 Å². The van der Waals surface area contributed by atoms with Crippen molar-refractivity contribution in [3.05, 3.63) is 105 Å². The number of carbonyl (C=O) groups excluding carboxylic acids is 1. The van der Waals surface area contributed by atoms with Crippen LogP contribution in [0.25, 0.3) is 22.0 Å². The molecule has 0 aliphatic carbocycles. The number of rotatable bonds is 4. The molecule has 0 radical (unpaired) electrons. The fraction of sp³-hybridized carbons (Fsp3) is 0.111. The highest BCUT2D eigenvalue weighted by atomic mass is 35.5. The summed E-state index contributed by atoms with van der Waals surface area (Å²) in [7, 11) is 1.72. The van der Waals surface area contributed by atoms with Crippen molar-refractivity contribution in [3.63, 3.8) is 0 Å². The molecule has 5 heteroatoms. The van der Waals surface area contributed by atoms with Gasteiger partial charge >= 0.3 is 0 Å². The van der Waals surface area contributed by atoms with Gasteiger partial charge in [0.05, 0.1) is 12.1 Å². The first-order valence-corrected chi connectivity index (χ1v) is 10.5. The Labute approximate surface area is 190 Å². The minimum absolute atomic E-state index is 0.00891. The number of fused-ring (bicyclic) bond motifs is 1. The molecule has 0 amide bonds. The van der Waals surface area contributed by atoms with Crippen LogP contribution in [0.3, 0.4) is 0 Å². The molecule has 0 saturated carbocycles. The number of halogens is 1. The van der Waals surface area contributed by atoms with E-state index in [1.54, 1.807) is 54.1 Å². The van der Waals surface area contributed by atoms with Gasteiger partial charge in [-0.2, -0.15) is 0 Å². The van der Waals surface area contributed by atoms with E-state index in [9.17, 15) is 9.59 Å². The van der Waals surface area contributed by atoms with Crippen molar-refractivity contribution in [2.45, 2.75) is 6.42 Å². The molecule has 3 aromatic carbocycles. The lowest BCUT2D eigenvalue weighted by molar-refractivity contribution is 0.103. The summed E-state index contributed by atoms with van der Waals surface area (Å²) in [5, 5.41) is 10.3. The van der Waals surface area contributed by atoms with Gasteiger partial charge < -0.3 is 9.67 Å². The monoisotopic (exact) mass is 441 g/mol. The summed E-state index contributed by atoms with van der Waals surface area (Å²) < 4.78 is 1.59. The summed E-state index contributed by atoms with van der Waals surface area (Å²) >= 11 is 5.93. The van der Waals surface area contributed by atoms with Crippen LogP contribution < -0.4 is 5.56 Å². The van der Waals surface area contributed by atoms with Crippen molar-refractivity contribution in [1.82, 2.24) is 4.57 Å². The molecule has 0 saturated heterocycles. The zero-order valence-electron chi connectivity index (χ0n) is 17.4. The first kappa shape index (κ1) is 21.6. The molecule has 32 heavy (non-hydrogen) atoms. The Morgan fingerprint density at radius 1 is 1.00 bits per heavy atom. The van der Waals surface area contributed by atoms with Gasteiger partial charge in [0.1, 0.15) is 0 Å². The van der Waals surface area contributed by atoms with Gasteiger partial charge in [0, 0.05) is 40.7 Å². The quantitative estimate of drug-likeness (QED) is 0.364. The molecule has 0 aliphatic heterocycles. The third-order valence-electron chi connectivity index (χ3n) is 5.24. The van der Waals surface area contributed by atoms with E-state index < -0.39 is 0 Å². The zero-order valence-corrected chi connectivity index (χ0v) is 18.2. The molecular formula is C27H20ClNO3. The fourth-order valence-corrected chi connectivity index (χ4v) is 3.71. The molecule has 0 unspecified atom stereocenters. The van der Waals surface area contributed by atoms with E-state index in [0.29, 0.717) is 28.1 Å². The minimum Gasteiger partial charge on any atom is -0.395 e. The van der Waals surface area contributed by atoms with Gasteiger partial charge in [-0.05, 0) is 71.6 Å². The first-order valence-electron chi connectivity index (χ1n) is 10.1. The predicted molar refractivity (Wildman–Crippen MR) is 128 cm³/mol. The third kappa shape index (κ3) is 4.36. The van der Waals surface area contributed by atoms with Gasteiger partial charge in [-0.15, -0.1) is 0 Å². The second-order valence-electron chi connectivity index (χ2n) is 7.39. The number of hydrogen-bond donors (Lipinski definition) is 1. The van der Waals surface area contributed by atoms with Crippen LogP contribution >= 0.6 is 11.6 Å². The SMILES string of the molecule is Cn1c(=O)c(-c2cccc(C#CCCO)c2)cc2cc(C(=O)c3ccc(Cl)cc3)ccc21. The normalized spacial score (nSPS) is 10.6. The molecule has 0 spiro atoms. The number of hydrogen-bond acceptors (Lipinski definition) is 3. The summed E-state index contributed by atoms with van der Waals surface area (Å²) in [4.78, 5) is 26.0. The molecule has 158 valence electrons. The van der Waals surface area contributed by atoms with Crippen LogP contribution in [-0.2, 0) is 7.05 Å². The summed E-state index contributed by atoms with van der Waals surface area (Å²) in [6, 6.07) is 21.4. The van der Waals surface area contributed by atoms with Crippen molar-refractivity contribution in [1.29, 1.82) is 0 Å². The van der Waals surface area contributed by atoms with Crippen molar-refractivity contribution in [2.75, 3.05) is 6.61 Å². The van der Waals surface area contributed by atoms with Crippen molar-refractivity contribution < 1.29 is 9.90 Å². The van der Waals surface area contributed by atoms with E-state index in [1.807, 2.05) is 30.3 Å². The van der Waals surface area contributed by atoms with Crippen LogP contribution in [-0.4, -0.2) is 22.1 Å². The summed E-state index contributed by atoms with van der Waals surface area (Å²) in [6.07, 6.45) is 0.395. The molecule has 0 aliphatic rings. The molecule has 1 aromatic heterocycles. The molecule has 1 N–H and O–H groups in total. The van der Waals surface area contributed by atoms with Gasteiger partial charge in [0.2, 0.25) is 0 Å². The fourth-order valence-electron chi connectivity index (χ4n) is 3.58. The number of aromatic nitrogens is 1. The van der Waals surface area contributed by atoms with E-state index in [1.165, 1.54) is 0 Å². The molecule has 0 fully saturated rings. The number of nitrogens with zero attached hydrogens (tertiary/aromatic N) is 1. The maximum Gasteiger partial charge on any atom is 0.258 e. The number of benzene rings is 3. The topological polar surface area (TPSA) is 59.3 Å². The van der Waals surface area contributed by atoms with Crippen LogP contribution in [0.2, 0.25) is 5.02 Å². The summed E-state index contributed by atoms with van der Waals surface area (Å²) in [6.45, 7) is 0.00891. The number of pyridine rings is 1. The largest absolute Gasteiger partial charge is 0.395 e. The van der Waals surface area contributed by atoms with Crippen molar-refractivity contribution in [3.8, 4) is 23.0 Å². The molecular weight excluding hydrogens is 422 g/mol. The predicted octanol–water partition coefficient (Wildman–Crippen LogP) is 4.82. The number of carbonyl (C=O) groups is 1. The van der Waals surface area contributed by atoms with Gasteiger partial charge in [0.15, 0.2) is 5.78 Å². The highest BCUT2D eigenvalue weighted by Crippen LogP contribution is 2.24. The standard InChI is InChI=1S/C27H20ClNO3/c1-29-25-13-10-21(26(31)19-8-11-23(28)12-9-19)16-22(25)17-24(27(29)32)20-7-4-6-18(15-20)5-2-3-14-30/h4,6-13,15-17,30H,3,14H2,1H3. The first-order chi connectivity index (χ1) is 15.5. The summed E-state index contributed by atoms with van der Waals surface area (Å²) in [5.41, 5.74) is 3.74.